The molecule has 102 valence electrons. The van der Waals surface area contributed by atoms with Crippen molar-refractivity contribution in [2.24, 2.45) is 0 Å². The average molecular weight is 252 g/mol. The van der Waals surface area contributed by atoms with Gasteiger partial charge in [0.15, 0.2) is 0 Å². The molecule has 0 unspecified atom stereocenters. The van der Waals surface area contributed by atoms with Crippen molar-refractivity contribution in [1.29, 1.82) is 0 Å². The van der Waals surface area contributed by atoms with Gasteiger partial charge in [0.05, 0.1) is 12.7 Å². The maximum atomic E-state index is 11.9. The molecule has 1 heterocycles. The Bertz CT molecular complexity index is 398. The van der Waals surface area contributed by atoms with Crippen LogP contribution in [0.3, 0.4) is 0 Å². The zero-order valence-electron chi connectivity index (χ0n) is 12.0. The molecule has 1 N–H and O–H groups in total. The van der Waals surface area contributed by atoms with Crippen LogP contribution in [-0.2, 0) is 11.3 Å². The van der Waals surface area contributed by atoms with Crippen LogP contribution in [0.4, 0.5) is 5.82 Å². The van der Waals surface area contributed by atoms with E-state index >= 15 is 0 Å². The van der Waals surface area contributed by atoms with E-state index in [4.69, 9.17) is 0 Å². The van der Waals surface area contributed by atoms with E-state index in [1.54, 1.807) is 6.20 Å². The Morgan fingerprint density at radius 2 is 2.22 bits per heavy atom. The van der Waals surface area contributed by atoms with Crippen LogP contribution in [0.15, 0.2) is 6.20 Å². The van der Waals surface area contributed by atoms with Gasteiger partial charge in [0.25, 0.3) is 0 Å². The van der Waals surface area contributed by atoms with E-state index in [0.29, 0.717) is 12.6 Å². The minimum absolute atomic E-state index is 0.00662. The number of aromatic nitrogens is 2. The molecular weight excluding hydrogens is 228 g/mol. The molecule has 0 fully saturated rings. The number of amides is 1. The number of carbonyl (C=O) groups excluding carboxylic acids is 1. The molecule has 0 aliphatic rings. The third-order valence-electron chi connectivity index (χ3n) is 2.99. The molecular formula is C13H24N4O. The van der Waals surface area contributed by atoms with Gasteiger partial charge in [-0.25, -0.2) is 4.68 Å². The first-order valence-electron chi connectivity index (χ1n) is 6.48. The summed E-state index contributed by atoms with van der Waals surface area (Å²) in [6.07, 6.45) is 2.79. The van der Waals surface area contributed by atoms with Gasteiger partial charge in [-0.3, -0.25) is 9.69 Å². The van der Waals surface area contributed by atoms with Gasteiger partial charge in [-0.05, 0) is 34.2 Å². The lowest BCUT2D eigenvalue weighted by Gasteiger charge is -2.20. The highest BCUT2D eigenvalue weighted by Gasteiger charge is 2.13. The van der Waals surface area contributed by atoms with Crippen molar-refractivity contribution in [1.82, 2.24) is 14.7 Å². The Hall–Kier alpha value is -1.36. The Balaban J connectivity index is 2.66. The molecule has 1 aromatic heterocycles. The van der Waals surface area contributed by atoms with Crippen LogP contribution >= 0.6 is 0 Å². The Kier molecular flexibility index (Phi) is 5.34. The second-order valence-corrected chi connectivity index (χ2v) is 4.96. The fraction of sp³-hybridized carbons (Fsp3) is 0.692. The number of aryl methyl sites for hydroxylation is 2. The van der Waals surface area contributed by atoms with Crippen molar-refractivity contribution >= 4 is 11.7 Å². The normalized spacial score (nSPS) is 11.3. The molecule has 0 bridgehead atoms. The highest BCUT2D eigenvalue weighted by molar-refractivity contribution is 5.92. The number of rotatable bonds is 6. The lowest BCUT2D eigenvalue weighted by atomic mass is 10.3. The first-order chi connectivity index (χ1) is 8.45. The highest BCUT2D eigenvalue weighted by atomic mass is 16.2. The second kappa shape index (κ2) is 6.54. The highest BCUT2D eigenvalue weighted by Crippen LogP contribution is 2.14. The van der Waals surface area contributed by atoms with Crippen molar-refractivity contribution in [2.75, 3.05) is 18.9 Å². The lowest BCUT2D eigenvalue weighted by Crippen LogP contribution is -2.35. The number of hydrogen-bond acceptors (Lipinski definition) is 3. The minimum Gasteiger partial charge on any atom is -0.310 e. The molecule has 0 spiro atoms. The van der Waals surface area contributed by atoms with Gasteiger partial charge >= 0.3 is 0 Å². The van der Waals surface area contributed by atoms with E-state index in [0.717, 1.165) is 24.3 Å². The van der Waals surface area contributed by atoms with Crippen LogP contribution in [0.25, 0.3) is 0 Å². The minimum atomic E-state index is 0.00662. The van der Waals surface area contributed by atoms with Crippen LogP contribution < -0.4 is 5.32 Å². The maximum absolute atomic E-state index is 11.9. The van der Waals surface area contributed by atoms with Crippen molar-refractivity contribution in [3.8, 4) is 0 Å². The van der Waals surface area contributed by atoms with E-state index in [-0.39, 0.29) is 5.91 Å². The molecule has 0 aromatic carbocycles. The van der Waals surface area contributed by atoms with Crippen molar-refractivity contribution < 1.29 is 4.79 Å². The SMILES string of the molecule is CCCn1ncc(C)c1NC(=O)CN(C)C(C)C. The summed E-state index contributed by atoms with van der Waals surface area (Å²) in [6.45, 7) is 9.41. The predicted molar refractivity (Wildman–Crippen MR) is 73.7 cm³/mol. The van der Waals surface area contributed by atoms with Gasteiger partial charge in [-0.1, -0.05) is 6.92 Å². The molecule has 0 aliphatic carbocycles. The standard InChI is InChI=1S/C13H24N4O/c1-6-7-17-13(11(4)8-14-17)15-12(18)9-16(5)10(2)3/h8,10H,6-7,9H2,1-5H3,(H,15,18). The molecule has 0 saturated heterocycles. The van der Waals surface area contributed by atoms with Crippen LogP contribution in [0.1, 0.15) is 32.8 Å². The number of hydrogen-bond donors (Lipinski definition) is 1. The topological polar surface area (TPSA) is 50.2 Å². The number of carbonyl (C=O) groups is 1. The fourth-order valence-corrected chi connectivity index (χ4v) is 1.60. The van der Waals surface area contributed by atoms with E-state index in [2.05, 4.69) is 31.2 Å². The molecule has 5 nitrogen and oxygen atoms in total. The van der Waals surface area contributed by atoms with E-state index < -0.39 is 0 Å². The fourth-order valence-electron chi connectivity index (χ4n) is 1.60. The summed E-state index contributed by atoms with van der Waals surface area (Å²) in [7, 11) is 1.94. The summed E-state index contributed by atoms with van der Waals surface area (Å²) >= 11 is 0. The molecule has 0 aliphatic heterocycles. The predicted octanol–water partition coefficient (Wildman–Crippen LogP) is 1.88. The zero-order valence-corrected chi connectivity index (χ0v) is 12.0. The van der Waals surface area contributed by atoms with Crippen molar-refractivity contribution in [3.05, 3.63) is 11.8 Å². The van der Waals surface area contributed by atoms with Crippen LogP contribution in [0.5, 0.6) is 0 Å². The van der Waals surface area contributed by atoms with Gasteiger partial charge in [0.1, 0.15) is 5.82 Å². The average Bonchev–Trinajstić information content (AvgIpc) is 2.61. The Morgan fingerprint density at radius 1 is 1.56 bits per heavy atom. The molecule has 0 atom stereocenters. The van der Waals surface area contributed by atoms with Crippen LogP contribution in [0, 0.1) is 6.92 Å². The number of nitrogens with one attached hydrogen (secondary N) is 1. The first-order valence-corrected chi connectivity index (χ1v) is 6.48. The van der Waals surface area contributed by atoms with Crippen molar-refractivity contribution in [2.45, 2.75) is 46.7 Å². The van der Waals surface area contributed by atoms with Crippen molar-refractivity contribution in [3.63, 3.8) is 0 Å². The summed E-state index contributed by atoms with van der Waals surface area (Å²) in [4.78, 5) is 13.9. The summed E-state index contributed by atoms with van der Waals surface area (Å²) in [5.74, 6) is 0.825. The third kappa shape index (κ3) is 3.84. The van der Waals surface area contributed by atoms with E-state index in [1.807, 2.05) is 23.6 Å². The summed E-state index contributed by atoms with van der Waals surface area (Å²) in [5.41, 5.74) is 1.00. The van der Waals surface area contributed by atoms with Crippen LogP contribution in [0.2, 0.25) is 0 Å². The zero-order chi connectivity index (χ0) is 13.7. The smallest absolute Gasteiger partial charge is 0.239 e. The molecule has 1 aromatic rings. The maximum Gasteiger partial charge on any atom is 0.239 e. The van der Waals surface area contributed by atoms with Crippen LogP contribution in [-0.4, -0.2) is 40.2 Å². The van der Waals surface area contributed by atoms with Gasteiger partial charge in [0.2, 0.25) is 5.91 Å². The van der Waals surface area contributed by atoms with Gasteiger partial charge in [0, 0.05) is 18.2 Å². The quantitative estimate of drug-likeness (QED) is 0.841. The van der Waals surface area contributed by atoms with Gasteiger partial charge < -0.3 is 5.32 Å². The monoisotopic (exact) mass is 252 g/mol. The van der Waals surface area contributed by atoms with Gasteiger partial charge in [-0.2, -0.15) is 5.10 Å². The molecule has 18 heavy (non-hydrogen) atoms. The molecule has 5 heteroatoms. The third-order valence-corrected chi connectivity index (χ3v) is 2.99. The van der Waals surface area contributed by atoms with Gasteiger partial charge in [-0.15, -0.1) is 0 Å². The molecule has 0 saturated carbocycles. The number of nitrogens with zero attached hydrogens (tertiary/aromatic N) is 3. The molecule has 1 rings (SSSR count). The molecule has 0 radical (unpaired) electrons. The first kappa shape index (κ1) is 14.7. The molecule has 1 amide bonds. The Morgan fingerprint density at radius 3 is 2.78 bits per heavy atom. The number of anilines is 1. The Labute approximate surface area is 109 Å². The number of likely N-dealkylation sites (N-methyl/N-ethyl adjacent to an activating group) is 1. The largest absolute Gasteiger partial charge is 0.310 e. The summed E-state index contributed by atoms with van der Waals surface area (Å²) in [5, 5.41) is 7.21. The van der Waals surface area contributed by atoms with E-state index in [1.165, 1.54) is 0 Å². The lowest BCUT2D eigenvalue weighted by molar-refractivity contribution is -0.117. The van der Waals surface area contributed by atoms with E-state index in [9.17, 15) is 4.79 Å². The summed E-state index contributed by atoms with van der Waals surface area (Å²) in [6, 6.07) is 0.359. The second-order valence-electron chi connectivity index (χ2n) is 4.96. The summed E-state index contributed by atoms with van der Waals surface area (Å²) < 4.78 is 1.85.